The first-order valence-electron chi connectivity index (χ1n) is 5.88. The molecule has 0 spiro atoms. The van der Waals surface area contributed by atoms with Crippen molar-refractivity contribution in [3.8, 4) is 11.6 Å². The van der Waals surface area contributed by atoms with Crippen molar-refractivity contribution in [1.29, 1.82) is 0 Å². The lowest BCUT2D eigenvalue weighted by molar-refractivity contribution is 0.136. The van der Waals surface area contributed by atoms with Gasteiger partial charge in [0.2, 0.25) is 5.89 Å². The van der Waals surface area contributed by atoms with E-state index in [1.165, 1.54) is 0 Å². The van der Waals surface area contributed by atoms with Crippen molar-refractivity contribution in [2.45, 2.75) is 19.4 Å². The number of halogens is 1. The van der Waals surface area contributed by atoms with Crippen LogP contribution in [0.5, 0.6) is 0 Å². The highest BCUT2D eigenvalue weighted by Gasteiger charge is 2.17. The third kappa shape index (κ3) is 2.22. The molecule has 0 saturated heterocycles. The zero-order chi connectivity index (χ0) is 13.4. The van der Waals surface area contributed by atoms with Gasteiger partial charge in [-0.25, -0.2) is 4.98 Å². The summed E-state index contributed by atoms with van der Waals surface area (Å²) in [5.41, 5.74) is 1.73. The van der Waals surface area contributed by atoms with Crippen LogP contribution in [-0.4, -0.2) is 15.2 Å². The van der Waals surface area contributed by atoms with Crippen LogP contribution < -0.4 is 0 Å². The molecule has 0 saturated carbocycles. The summed E-state index contributed by atoms with van der Waals surface area (Å²) in [6.45, 7) is 1.86. The quantitative estimate of drug-likeness (QED) is 0.793. The van der Waals surface area contributed by atoms with Gasteiger partial charge in [-0.15, -0.1) is 0 Å². The van der Waals surface area contributed by atoms with Crippen LogP contribution in [-0.2, 0) is 0 Å². The number of benzene rings is 1. The lowest BCUT2D eigenvalue weighted by atomic mass is 10.2. The van der Waals surface area contributed by atoms with Gasteiger partial charge >= 0.3 is 0 Å². The lowest BCUT2D eigenvalue weighted by Crippen LogP contribution is -1.91. The van der Waals surface area contributed by atoms with E-state index in [-0.39, 0.29) is 0 Å². The maximum absolute atomic E-state index is 9.66. The number of hydrogen-bond donors (Lipinski definition) is 1. The summed E-state index contributed by atoms with van der Waals surface area (Å²) >= 11 is 5.89. The monoisotopic (exact) mass is 278 g/mol. The molecule has 3 rings (SSSR count). The average Bonchev–Trinajstić information content (AvgIpc) is 3.03. The van der Waals surface area contributed by atoms with Crippen LogP contribution >= 0.6 is 11.6 Å². The van der Waals surface area contributed by atoms with Gasteiger partial charge in [-0.2, -0.15) is 0 Å². The van der Waals surface area contributed by atoms with Crippen molar-refractivity contribution in [1.82, 2.24) is 10.1 Å². The minimum Gasteiger partial charge on any atom is -0.435 e. The first-order valence-corrected chi connectivity index (χ1v) is 6.26. The van der Waals surface area contributed by atoms with Crippen LogP contribution in [0.25, 0.3) is 22.7 Å². The molecule has 1 atom stereocenters. The van der Waals surface area contributed by atoms with E-state index in [2.05, 4.69) is 10.1 Å². The van der Waals surface area contributed by atoms with E-state index in [0.29, 0.717) is 39.9 Å². The first-order chi connectivity index (χ1) is 9.17. The number of aliphatic hydroxyl groups excluding tert-OH is 1. The Morgan fingerprint density at radius 1 is 1.37 bits per heavy atom. The number of rotatable bonds is 3. The van der Waals surface area contributed by atoms with E-state index in [9.17, 15) is 5.11 Å². The average molecular weight is 279 g/mol. The zero-order valence-electron chi connectivity index (χ0n) is 10.1. The van der Waals surface area contributed by atoms with E-state index in [4.69, 9.17) is 20.5 Å². The number of hydrogen-bond acceptors (Lipinski definition) is 5. The number of oxazole rings is 1. The summed E-state index contributed by atoms with van der Waals surface area (Å²) in [7, 11) is 0. The fraction of sp³-hybridized carbons (Fsp3) is 0.231. The fourth-order valence-corrected chi connectivity index (χ4v) is 1.92. The van der Waals surface area contributed by atoms with Gasteiger partial charge in [0.1, 0.15) is 11.6 Å². The normalized spacial score (nSPS) is 13.0. The molecule has 0 radical (unpaired) electrons. The van der Waals surface area contributed by atoms with Crippen LogP contribution in [0.1, 0.15) is 25.2 Å². The van der Waals surface area contributed by atoms with Gasteiger partial charge in [0.05, 0.1) is 0 Å². The van der Waals surface area contributed by atoms with Gasteiger partial charge in [0.25, 0.3) is 0 Å². The molecule has 1 N–H and O–H groups in total. The molecule has 0 aliphatic heterocycles. The second-order valence-electron chi connectivity index (χ2n) is 4.17. The molecule has 1 unspecified atom stereocenters. The van der Waals surface area contributed by atoms with E-state index >= 15 is 0 Å². The maximum Gasteiger partial charge on any atom is 0.249 e. The first kappa shape index (κ1) is 12.2. The third-order valence-electron chi connectivity index (χ3n) is 2.81. The van der Waals surface area contributed by atoms with Crippen LogP contribution in [0.2, 0.25) is 5.02 Å². The Morgan fingerprint density at radius 2 is 2.21 bits per heavy atom. The molecule has 0 amide bonds. The number of fused-ring (bicyclic) bond motifs is 1. The summed E-state index contributed by atoms with van der Waals surface area (Å²) in [6.07, 6.45) is -0.113. The Hall–Kier alpha value is -1.85. The van der Waals surface area contributed by atoms with Crippen molar-refractivity contribution < 1.29 is 14.0 Å². The SMILES string of the molecule is CCC(O)c1cc(-c2nc3cc(Cl)ccc3o2)no1. The van der Waals surface area contributed by atoms with E-state index in [0.717, 1.165) is 0 Å². The van der Waals surface area contributed by atoms with Crippen molar-refractivity contribution in [2.75, 3.05) is 0 Å². The molecule has 98 valence electrons. The van der Waals surface area contributed by atoms with Crippen molar-refractivity contribution in [3.05, 3.63) is 35.0 Å². The number of aromatic nitrogens is 2. The van der Waals surface area contributed by atoms with Gasteiger partial charge in [0.15, 0.2) is 17.0 Å². The Labute approximate surface area is 113 Å². The smallest absolute Gasteiger partial charge is 0.249 e. The molecule has 1 aromatic carbocycles. The highest BCUT2D eigenvalue weighted by molar-refractivity contribution is 6.31. The topological polar surface area (TPSA) is 72.3 Å². The molecule has 19 heavy (non-hydrogen) atoms. The second-order valence-corrected chi connectivity index (χ2v) is 4.61. The van der Waals surface area contributed by atoms with Crippen molar-refractivity contribution in [2.24, 2.45) is 0 Å². The summed E-state index contributed by atoms with van der Waals surface area (Å²) in [5, 5.41) is 14.1. The maximum atomic E-state index is 9.66. The molecule has 0 fully saturated rings. The predicted molar refractivity (Wildman–Crippen MR) is 69.8 cm³/mol. The summed E-state index contributed by atoms with van der Waals surface area (Å²) in [6, 6.07) is 6.82. The second kappa shape index (κ2) is 4.68. The van der Waals surface area contributed by atoms with Gasteiger partial charge in [-0.05, 0) is 24.6 Å². The minimum absolute atomic E-state index is 0.343. The summed E-state index contributed by atoms with van der Waals surface area (Å²) < 4.78 is 10.6. The number of aliphatic hydroxyl groups is 1. The van der Waals surface area contributed by atoms with E-state index in [1.54, 1.807) is 24.3 Å². The molecule has 3 aromatic rings. The van der Waals surface area contributed by atoms with E-state index in [1.807, 2.05) is 6.92 Å². The Morgan fingerprint density at radius 3 is 3.00 bits per heavy atom. The standard InChI is InChI=1S/C13H11ClN2O3/c1-2-10(17)12-6-9(16-19-12)13-15-8-5-7(14)3-4-11(8)18-13/h3-6,10,17H,2H2,1H3. The van der Waals surface area contributed by atoms with Gasteiger partial charge in [-0.1, -0.05) is 23.7 Å². The number of nitrogens with zero attached hydrogens (tertiary/aromatic N) is 2. The van der Waals surface area contributed by atoms with Crippen LogP contribution in [0.15, 0.2) is 33.2 Å². The molecular weight excluding hydrogens is 268 g/mol. The van der Waals surface area contributed by atoms with E-state index < -0.39 is 6.10 Å². The minimum atomic E-state index is -0.667. The fourth-order valence-electron chi connectivity index (χ4n) is 1.76. The molecular formula is C13H11ClN2O3. The highest BCUT2D eigenvalue weighted by atomic mass is 35.5. The van der Waals surface area contributed by atoms with Crippen molar-refractivity contribution >= 4 is 22.7 Å². The lowest BCUT2D eigenvalue weighted by Gasteiger charge is -1.98. The predicted octanol–water partition coefficient (Wildman–Crippen LogP) is 3.58. The van der Waals surface area contributed by atoms with Gasteiger partial charge in [-0.3, -0.25) is 0 Å². The molecule has 0 aliphatic carbocycles. The van der Waals surface area contributed by atoms with Crippen LogP contribution in [0, 0.1) is 0 Å². The molecule has 0 aliphatic rings. The molecule has 0 bridgehead atoms. The Bertz CT molecular complexity index is 720. The van der Waals surface area contributed by atoms with Gasteiger partial charge in [0, 0.05) is 11.1 Å². The molecule has 2 heterocycles. The highest BCUT2D eigenvalue weighted by Crippen LogP contribution is 2.27. The largest absolute Gasteiger partial charge is 0.435 e. The molecule has 2 aromatic heterocycles. The summed E-state index contributed by atoms with van der Waals surface area (Å²) in [5.74, 6) is 0.744. The van der Waals surface area contributed by atoms with Gasteiger partial charge < -0.3 is 14.0 Å². The Kier molecular flexibility index (Phi) is 3.00. The molecule has 6 heteroatoms. The van der Waals surface area contributed by atoms with Crippen LogP contribution in [0.4, 0.5) is 0 Å². The summed E-state index contributed by atoms with van der Waals surface area (Å²) in [4.78, 5) is 4.29. The molecule has 5 nitrogen and oxygen atoms in total. The Balaban J connectivity index is 2.01. The third-order valence-corrected chi connectivity index (χ3v) is 3.05. The van der Waals surface area contributed by atoms with Crippen LogP contribution in [0.3, 0.4) is 0 Å². The van der Waals surface area contributed by atoms with Crippen molar-refractivity contribution in [3.63, 3.8) is 0 Å². The zero-order valence-corrected chi connectivity index (χ0v) is 10.9.